The Balaban J connectivity index is 2.88. The lowest BCUT2D eigenvalue weighted by molar-refractivity contribution is -0.142. The van der Waals surface area contributed by atoms with Crippen LogP contribution in [0.15, 0.2) is 12.5 Å². The molecule has 0 saturated heterocycles. The molecule has 0 aliphatic heterocycles. The van der Waals surface area contributed by atoms with E-state index in [1.54, 1.807) is 0 Å². The molecule has 0 aliphatic carbocycles. The van der Waals surface area contributed by atoms with E-state index in [4.69, 9.17) is 16.6 Å². The Morgan fingerprint density at radius 3 is 2.03 bits per heavy atom. The molecule has 35 heavy (non-hydrogen) atoms. The Morgan fingerprint density at radius 1 is 0.914 bits per heavy atom. The van der Waals surface area contributed by atoms with Crippen molar-refractivity contribution in [3.63, 3.8) is 0 Å². The van der Waals surface area contributed by atoms with Gasteiger partial charge in [-0.25, -0.2) is 9.78 Å². The number of aromatic nitrogens is 2. The molecule has 0 fully saturated rings. The topological polar surface area (TPSA) is 280 Å². The first kappa shape index (κ1) is 29.0. The van der Waals surface area contributed by atoms with Gasteiger partial charge in [0, 0.05) is 31.2 Å². The van der Waals surface area contributed by atoms with Crippen LogP contribution in [-0.4, -0.2) is 91.6 Å². The summed E-state index contributed by atoms with van der Waals surface area (Å²) in [6.07, 6.45) is 1.27. The van der Waals surface area contributed by atoms with Crippen LogP contribution in [0.3, 0.4) is 0 Å². The van der Waals surface area contributed by atoms with Crippen molar-refractivity contribution >= 4 is 35.6 Å². The Labute approximate surface area is 198 Å². The minimum atomic E-state index is -1.57. The first-order valence-electron chi connectivity index (χ1n) is 10.4. The molecule has 4 atom stereocenters. The van der Waals surface area contributed by atoms with E-state index in [0.717, 1.165) is 0 Å². The van der Waals surface area contributed by atoms with Crippen LogP contribution in [0, 0.1) is 0 Å². The molecule has 0 radical (unpaired) electrons. The summed E-state index contributed by atoms with van der Waals surface area (Å²) in [5, 5.41) is 34.2. The van der Waals surface area contributed by atoms with Crippen molar-refractivity contribution in [2.75, 3.05) is 6.61 Å². The van der Waals surface area contributed by atoms with Crippen LogP contribution in [0.2, 0.25) is 0 Å². The van der Waals surface area contributed by atoms with Crippen molar-refractivity contribution in [1.82, 2.24) is 25.9 Å². The molecular weight excluding hydrogens is 470 g/mol. The van der Waals surface area contributed by atoms with Crippen LogP contribution in [0.25, 0.3) is 0 Å². The van der Waals surface area contributed by atoms with Crippen LogP contribution in [0.4, 0.5) is 0 Å². The van der Waals surface area contributed by atoms with E-state index in [2.05, 4.69) is 25.9 Å². The third kappa shape index (κ3) is 10.6. The summed E-state index contributed by atoms with van der Waals surface area (Å²) in [7, 11) is 0. The van der Waals surface area contributed by atoms with Crippen molar-refractivity contribution in [1.29, 1.82) is 0 Å². The van der Waals surface area contributed by atoms with Gasteiger partial charge in [0.2, 0.25) is 23.6 Å². The number of primary amides is 1. The highest BCUT2D eigenvalue weighted by molar-refractivity contribution is 5.94. The van der Waals surface area contributed by atoms with Crippen molar-refractivity contribution in [3.05, 3.63) is 18.2 Å². The third-order valence-corrected chi connectivity index (χ3v) is 4.73. The first-order chi connectivity index (χ1) is 16.4. The number of nitrogens with two attached hydrogens (primary N) is 2. The fourth-order valence-electron chi connectivity index (χ4n) is 2.80. The number of aliphatic hydroxyl groups excluding tert-OH is 1. The number of aliphatic hydroxyl groups is 1. The summed E-state index contributed by atoms with van der Waals surface area (Å²) in [6.45, 7) is -0.898. The highest BCUT2D eigenvalue weighted by Crippen LogP contribution is 2.04. The highest BCUT2D eigenvalue weighted by Gasteiger charge is 2.30. The van der Waals surface area contributed by atoms with E-state index in [1.807, 2.05) is 0 Å². The number of carboxylic acids is 2. The normalized spacial score (nSPS) is 14.1. The van der Waals surface area contributed by atoms with Gasteiger partial charge in [-0.05, 0) is 12.8 Å². The van der Waals surface area contributed by atoms with Crippen LogP contribution >= 0.6 is 0 Å². The lowest BCUT2D eigenvalue weighted by atomic mass is 10.1. The van der Waals surface area contributed by atoms with Gasteiger partial charge in [0.15, 0.2) is 0 Å². The molecule has 1 aromatic rings. The van der Waals surface area contributed by atoms with Gasteiger partial charge in [0.25, 0.3) is 0 Å². The van der Waals surface area contributed by atoms with Crippen molar-refractivity contribution in [2.24, 2.45) is 11.5 Å². The van der Waals surface area contributed by atoms with Gasteiger partial charge in [-0.2, -0.15) is 0 Å². The fraction of sp³-hybridized carbons (Fsp3) is 0.526. The molecule has 0 aliphatic rings. The summed E-state index contributed by atoms with van der Waals surface area (Å²) >= 11 is 0. The monoisotopic (exact) mass is 499 g/mol. The molecule has 0 aromatic carbocycles. The number of nitrogens with one attached hydrogen (secondary N) is 4. The van der Waals surface area contributed by atoms with Gasteiger partial charge < -0.3 is 47.7 Å². The zero-order chi connectivity index (χ0) is 26.5. The van der Waals surface area contributed by atoms with Gasteiger partial charge in [-0.3, -0.25) is 24.0 Å². The summed E-state index contributed by atoms with van der Waals surface area (Å²) in [5.41, 5.74) is 11.1. The number of rotatable bonds is 16. The number of carbonyl (C=O) groups excluding carboxylic acids is 4. The SMILES string of the molecule is NC(=O)CCC(NC(=O)C(CO)NC(=O)C(N)CCC(=O)O)C(=O)NC(Cc1cnc[nH]1)C(=O)O. The van der Waals surface area contributed by atoms with Crippen LogP contribution < -0.4 is 27.4 Å². The Kier molecular flexibility index (Phi) is 11.8. The highest BCUT2D eigenvalue weighted by atomic mass is 16.4. The number of imidazole rings is 1. The van der Waals surface area contributed by atoms with Gasteiger partial charge in [0.1, 0.15) is 18.1 Å². The average molecular weight is 499 g/mol. The zero-order valence-electron chi connectivity index (χ0n) is 18.6. The van der Waals surface area contributed by atoms with Gasteiger partial charge in [-0.15, -0.1) is 0 Å². The molecule has 0 saturated carbocycles. The molecule has 16 heteroatoms. The van der Waals surface area contributed by atoms with Crippen molar-refractivity contribution < 1.29 is 44.1 Å². The largest absolute Gasteiger partial charge is 0.481 e. The molecule has 1 aromatic heterocycles. The summed E-state index contributed by atoms with van der Waals surface area (Å²) in [5.74, 6) is -6.24. The Hall–Kier alpha value is -4.05. The predicted molar refractivity (Wildman–Crippen MR) is 116 cm³/mol. The fourth-order valence-corrected chi connectivity index (χ4v) is 2.80. The number of hydrogen-bond acceptors (Lipinski definition) is 9. The second-order valence-corrected chi connectivity index (χ2v) is 7.53. The van der Waals surface area contributed by atoms with Gasteiger partial charge in [0.05, 0.1) is 19.0 Å². The standard InChI is InChI=1S/C19H29N7O9/c20-10(1-4-15(29)30)16(31)26-13(7-27)18(33)24-11(2-3-14(21)28)17(32)25-12(19(34)35)5-9-6-22-8-23-9/h6,8,10-13,27H,1-5,7,20H2,(H2,21,28)(H,22,23)(H,24,33)(H,25,32)(H,26,31)(H,29,30)(H,34,35). The number of H-pyrrole nitrogens is 1. The number of aromatic amines is 1. The maximum atomic E-state index is 12.7. The first-order valence-corrected chi connectivity index (χ1v) is 10.4. The number of hydrogen-bond donors (Lipinski definition) is 9. The van der Waals surface area contributed by atoms with Crippen LogP contribution in [0.5, 0.6) is 0 Å². The summed E-state index contributed by atoms with van der Waals surface area (Å²) < 4.78 is 0. The molecule has 1 heterocycles. The van der Waals surface area contributed by atoms with Crippen molar-refractivity contribution in [3.8, 4) is 0 Å². The molecule has 4 amide bonds. The van der Waals surface area contributed by atoms with E-state index in [0.29, 0.717) is 5.69 Å². The number of carbonyl (C=O) groups is 6. The Bertz CT molecular complexity index is 906. The number of aliphatic carboxylic acids is 2. The van der Waals surface area contributed by atoms with Gasteiger partial charge in [-0.1, -0.05) is 0 Å². The molecule has 0 bridgehead atoms. The minimum absolute atomic E-state index is 0.152. The molecule has 0 spiro atoms. The minimum Gasteiger partial charge on any atom is -0.481 e. The van der Waals surface area contributed by atoms with E-state index in [9.17, 15) is 39.0 Å². The molecule has 4 unspecified atom stereocenters. The molecule has 1 rings (SSSR count). The predicted octanol–water partition coefficient (Wildman–Crippen LogP) is -4.06. The van der Waals surface area contributed by atoms with Crippen LogP contribution in [-0.2, 0) is 35.2 Å². The number of amides is 4. The lowest BCUT2D eigenvalue weighted by Gasteiger charge is -2.24. The second kappa shape index (κ2) is 14.3. The third-order valence-electron chi connectivity index (χ3n) is 4.73. The Morgan fingerprint density at radius 2 is 1.51 bits per heavy atom. The summed E-state index contributed by atoms with van der Waals surface area (Å²) in [6, 6.07) is -5.69. The second-order valence-electron chi connectivity index (χ2n) is 7.53. The maximum absolute atomic E-state index is 12.7. The molecule has 11 N–H and O–H groups in total. The quantitative estimate of drug-likeness (QED) is 0.105. The summed E-state index contributed by atoms with van der Waals surface area (Å²) in [4.78, 5) is 77.2. The molecule has 194 valence electrons. The zero-order valence-corrected chi connectivity index (χ0v) is 18.6. The van der Waals surface area contributed by atoms with E-state index >= 15 is 0 Å². The van der Waals surface area contributed by atoms with Crippen LogP contribution in [0.1, 0.15) is 31.4 Å². The van der Waals surface area contributed by atoms with Crippen molar-refractivity contribution in [2.45, 2.75) is 56.3 Å². The number of nitrogens with zero attached hydrogens (tertiary/aromatic N) is 1. The lowest BCUT2D eigenvalue weighted by Crippen LogP contribution is -2.58. The molecule has 16 nitrogen and oxygen atoms in total. The van der Waals surface area contributed by atoms with E-state index in [1.165, 1.54) is 12.5 Å². The van der Waals surface area contributed by atoms with E-state index in [-0.39, 0.29) is 25.7 Å². The molecular formula is C19H29N7O9. The smallest absolute Gasteiger partial charge is 0.326 e. The van der Waals surface area contributed by atoms with Gasteiger partial charge >= 0.3 is 11.9 Å². The number of carboxylic acid groups (broad SMARTS) is 2. The van der Waals surface area contributed by atoms with E-state index < -0.39 is 72.8 Å². The average Bonchev–Trinajstić information content (AvgIpc) is 3.30. The maximum Gasteiger partial charge on any atom is 0.326 e.